The van der Waals surface area contributed by atoms with Crippen molar-refractivity contribution in [3.05, 3.63) is 69.1 Å². The molecule has 3 aromatic rings. The number of pyridine rings is 2. The lowest BCUT2D eigenvalue weighted by Crippen LogP contribution is -2.39. The number of nitrogens with one attached hydrogen (secondary N) is 1. The van der Waals surface area contributed by atoms with Crippen LogP contribution in [0.15, 0.2) is 46.3 Å². The highest BCUT2D eigenvalue weighted by Gasteiger charge is 2.31. The minimum absolute atomic E-state index is 0.120. The van der Waals surface area contributed by atoms with E-state index in [0.29, 0.717) is 23.3 Å². The predicted octanol–water partition coefficient (Wildman–Crippen LogP) is 6.35. The molecule has 2 aromatic heterocycles. The maximum Gasteiger partial charge on any atom is 0.407 e. The topological polar surface area (TPSA) is 122 Å². The zero-order chi connectivity index (χ0) is 33.1. The molecule has 1 fully saturated rings. The molecule has 4 rings (SSSR count). The molecule has 1 amide bonds. The third kappa shape index (κ3) is 8.21. The van der Waals surface area contributed by atoms with Crippen LogP contribution in [0, 0.1) is 24.2 Å². The number of aryl methyl sites for hydroxylation is 2. The average Bonchev–Trinajstić information content (AvgIpc) is 2.97. The van der Waals surface area contributed by atoms with Gasteiger partial charge in [-0.15, -0.1) is 0 Å². The van der Waals surface area contributed by atoms with Gasteiger partial charge >= 0.3 is 6.09 Å². The zero-order valence-corrected chi connectivity index (χ0v) is 28.0. The highest BCUT2D eigenvalue weighted by atomic mass is 16.6. The van der Waals surface area contributed by atoms with Crippen molar-refractivity contribution in [3.63, 3.8) is 0 Å². The Morgan fingerprint density at radius 2 is 1.71 bits per heavy atom. The van der Waals surface area contributed by atoms with E-state index < -0.39 is 17.3 Å². The standard InChI is InChI=1S/C35H46N6O4/c1-22-10-19-28-30(38-22)31(27(20-36)32(42)41(28)9)40(8)26-17-15-25(16-18-26)29(39-45-35(5,6)7)24-13-11-23(12-14-24)21-37-33(43)44-34(2,3)4/h10-14,19,25-26H,15-18,21H2,1-9H3,(H,37,43)/b39-29+. The maximum atomic E-state index is 13.1. The second kappa shape index (κ2) is 13.3. The number of nitriles is 1. The van der Waals surface area contributed by atoms with Crippen molar-refractivity contribution >= 4 is 28.5 Å². The van der Waals surface area contributed by atoms with Crippen LogP contribution in [-0.2, 0) is 23.2 Å². The number of oxime groups is 1. The largest absolute Gasteiger partial charge is 0.444 e. The van der Waals surface area contributed by atoms with Gasteiger partial charge in [-0.2, -0.15) is 5.26 Å². The van der Waals surface area contributed by atoms with Crippen molar-refractivity contribution in [2.24, 2.45) is 18.1 Å². The van der Waals surface area contributed by atoms with Gasteiger partial charge in [-0.3, -0.25) is 4.79 Å². The van der Waals surface area contributed by atoms with Gasteiger partial charge < -0.3 is 24.4 Å². The van der Waals surface area contributed by atoms with Gasteiger partial charge in [0.25, 0.3) is 5.56 Å². The number of rotatable bonds is 7. The molecule has 45 heavy (non-hydrogen) atoms. The van der Waals surface area contributed by atoms with Gasteiger partial charge in [-0.05, 0) is 97.4 Å². The minimum atomic E-state index is -0.555. The van der Waals surface area contributed by atoms with Crippen LogP contribution in [0.4, 0.5) is 10.5 Å². The lowest BCUT2D eigenvalue weighted by atomic mass is 9.80. The third-order valence-corrected chi connectivity index (χ3v) is 7.95. The number of hydrogen-bond acceptors (Lipinski definition) is 8. The molecule has 1 aliphatic rings. The molecule has 0 aliphatic heterocycles. The number of fused-ring (bicyclic) bond motifs is 1. The first kappa shape index (κ1) is 33.5. The van der Waals surface area contributed by atoms with Crippen molar-refractivity contribution in [2.75, 3.05) is 11.9 Å². The van der Waals surface area contributed by atoms with Crippen LogP contribution in [0.1, 0.15) is 89.6 Å². The fourth-order valence-electron chi connectivity index (χ4n) is 5.69. The van der Waals surface area contributed by atoms with Crippen molar-refractivity contribution in [1.82, 2.24) is 14.9 Å². The highest BCUT2D eigenvalue weighted by molar-refractivity contribution is 6.02. The summed E-state index contributed by atoms with van der Waals surface area (Å²) in [6, 6.07) is 14.1. The average molecular weight is 615 g/mol. The number of carbonyl (C=O) groups excluding carboxylic acids is 1. The monoisotopic (exact) mass is 614 g/mol. The van der Waals surface area contributed by atoms with Crippen molar-refractivity contribution < 1.29 is 14.4 Å². The summed E-state index contributed by atoms with van der Waals surface area (Å²) in [5, 5.41) is 17.5. The zero-order valence-electron chi connectivity index (χ0n) is 28.0. The molecule has 1 aliphatic carbocycles. The number of carbonyl (C=O) groups is 1. The molecule has 1 aromatic carbocycles. The second-order valence-electron chi connectivity index (χ2n) is 13.9. The minimum Gasteiger partial charge on any atom is -0.444 e. The number of ether oxygens (including phenoxy) is 1. The summed E-state index contributed by atoms with van der Waals surface area (Å²) in [5.41, 5.74) is 4.42. The van der Waals surface area contributed by atoms with E-state index >= 15 is 0 Å². The molecule has 0 unspecified atom stereocenters. The van der Waals surface area contributed by atoms with Gasteiger partial charge in [-0.25, -0.2) is 9.78 Å². The Kier molecular flexibility index (Phi) is 9.91. The maximum absolute atomic E-state index is 13.1. The third-order valence-electron chi connectivity index (χ3n) is 7.95. The Balaban J connectivity index is 1.54. The van der Waals surface area contributed by atoms with E-state index in [1.165, 1.54) is 4.57 Å². The van der Waals surface area contributed by atoms with Crippen molar-refractivity contribution in [2.45, 2.75) is 97.9 Å². The molecule has 10 nitrogen and oxygen atoms in total. The van der Waals surface area contributed by atoms with Crippen LogP contribution >= 0.6 is 0 Å². The van der Waals surface area contributed by atoms with E-state index in [1.807, 2.05) is 91.9 Å². The summed E-state index contributed by atoms with van der Waals surface area (Å²) in [6.45, 7) is 13.7. The molecule has 1 N–H and O–H groups in total. The summed E-state index contributed by atoms with van der Waals surface area (Å²) in [6.07, 6.45) is 2.97. The molecular formula is C35H46N6O4. The normalized spacial score (nSPS) is 17.5. The summed E-state index contributed by atoms with van der Waals surface area (Å²) in [5.74, 6) is 0.166. The number of aromatic nitrogens is 2. The van der Waals surface area contributed by atoms with E-state index in [9.17, 15) is 14.9 Å². The van der Waals surface area contributed by atoms with E-state index in [0.717, 1.165) is 48.2 Å². The number of nitrogens with zero attached hydrogens (tertiary/aromatic N) is 5. The quantitative estimate of drug-likeness (QED) is 0.243. The van der Waals surface area contributed by atoms with Crippen LogP contribution in [0.2, 0.25) is 0 Å². The van der Waals surface area contributed by atoms with E-state index in [-0.39, 0.29) is 23.1 Å². The lowest BCUT2D eigenvalue weighted by Gasteiger charge is -2.37. The second-order valence-corrected chi connectivity index (χ2v) is 13.9. The molecule has 240 valence electrons. The number of amides is 1. The number of benzene rings is 1. The fourth-order valence-corrected chi connectivity index (χ4v) is 5.69. The van der Waals surface area contributed by atoms with Crippen molar-refractivity contribution in [1.29, 1.82) is 5.26 Å². The summed E-state index contributed by atoms with van der Waals surface area (Å²) >= 11 is 0. The highest BCUT2D eigenvalue weighted by Crippen LogP contribution is 2.35. The molecule has 0 bridgehead atoms. The number of hydrogen-bond donors (Lipinski definition) is 1. The van der Waals surface area contributed by atoms with Crippen LogP contribution in [-0.4, -0.2) is 45.6 Å². The smallest absolute Gasteiger partial charge is 0.407 e. The van der Waals surface area contributed by atoms with E-state index in [1.54, 1.807) is 7.05 Å². The molecular weight excluding hydrogens is 568 g/mol. The molecule has 2 heterocycles. The van der Waals surface area contributed by atoms with Gasteiger partial charge in [0.1, 0.15) is 28.4 Å². The molecule has 1 saturated carbocycles. The van der Waals surface area contributed by atoms with Gasteiger partial charge in [0.05, 0.1) is 16.9 Å². The SMILES string of the molecule is Cc1ccc2c(n1)c(N(C)C1CCC(/C(=N/OC(C)(C)C)c3ccc(CNC(=O)OC(C)(C)C)cc3)CC1)c(C#N)c(=O)n2C. The lowest BCUT2D eigenvalue weighted by molar-refractivity contribution is -0.0000352. The first-order valence-corrected chi connectivity index (χ1v) is 15.5. The predicted molar refractivity (Wildman–Crippen MR) is 177 cm³/mol. The summed E-state index contributed by atoms with van der Waals surface area (Å²) < 4.78 is 6.85. The van der Waals surface area contributed by atoms with Crippen LogP contribution in [0.3, 0.4) is 0 Å². The first-order chi connectivity index (χ1) is 21.1. The van der Waals surface area contributed by atoms with E-state index in [2.05, 4.69) is 21.4 Å². The molecule has 10 heteroatoms. The summed E-state index contributed by atoms with van der Waals surface area (Å²) in [4.78, 5) is 38.0. The Hall–Kier alpha value is -4.39. The Bertz CT molecular complexity index is 1660. The summed E-state index contributed by atoms with van der Waals surface area (Å²) in [7, 11) is 3.65. The molecule has 0 atom stereocenters. The van der Waals surface area contributed by atoms with Gasteiger partial charge in [0, 0.05) is 38.3 Å². The fraction of sp³-hybridized carbons (Fsp3) is 0.514. The van der Waals surface area contributed by atoms with Gasteiger partial charge in [0.15, 0.2) is 0 Å². The van der Waals surface area contributed by atoms with Gasteiger partial charge in [-0.1, -0.05) is 29.4 Å². The number of anilines is 1. The Labute approximate surface area is 266 Å². The van der Waals surface area contributed by atoms with E-state index in [4.69, 9.17) is 14.6 Å². The first-order valence-electron chi connectivity index (χ1n) is 15.5. The Morgan fingerprint density at radius 1 is 1.07 bits per heavy atom. The van der Waals surface area contributed by atoms with Crippen LogP contribution in [0.5, 0.6) is 0 Å². The molecule has 0 radical (unpaired) electrons. The Morgan fingerprint density at radius 3 is 2.29 bits per heavy atom. The van der Waals surface area contributed by atoms with Crippen LogP contribution < -0.4 is 15.8 Å². The molecule has 0 spiro atoms. The number of alkyl carbamates (subject to hydrolysis) is 1. The van der Waals surface area contributed by atoms with Crippen LogP contribution in [0.25, 0.3) is 11.0 Å². The van der Waals surface area contributed by atoms with Crippen molar-refractivity contribution in [3.8, 4) is 6.07 Å². The van der Waals surface area contributed by atoms with Gasteiger partial charge in [0.2, 0.25) is 0 Å². The molecule has 0 saturated heterocycles.